The summed E-state index contributed by atoms with van der Waals surface area (Å²) in [4.78, 5) is 24.1. The second-order valence-electron chi connectivity index (χ2n) is 12.5. The lowest BCUT2D eigenvalue weighted by molar-refractivity contribution is -0.882. The topological polar surface area (TPSA) is 83.1 Å². The highest BCUT2D eigenvalue weighted by Crippen LogP contribution is 2.29. The minimum absolute atomic E-state index is 0. The van der Waals surface area contributed by atoms with E-state index in [1.807, 2.05) is 14.1 Å². The van der Waals surface area contributed by atoms with Crippen molar-refractivity contribution in [1.29, 1.82) is 0 Å². The van der Waals surface area contributed by atoms with Gasteiger partial charge in [-0.25, -0.2) is 4.79 Å². The fraction of sp³-hybridized carbons (Fsp3) is 0.818. The van der Waals surface area contributed by atoms with Crippen molar-refractivity contribution in [2.75, 3.05) is 40.3 Å². The van der Waals surface area contributed by atoms with Gasteiger partial charge in [-0.3, -0.25) is 4.79 Å². The molecule has 0 heterocycles. The number of amides is 1. The van der Waals surface area contributed by atoms with E-state index in [0.717, 1.165) is 6.42 Å². The Labute approximate surface area is 229 Å². The van der Waals surface area contributed by atoms with Crippen LogP contribution in [0.3, 0.4) is 0 Å². The zero-order valence-electron chi connectivity index (χ0n) is 24.2. The second-order valence-corrected chi connectivity index (χ2v) is 29.5. The molecule has 0 aliphatic carbocycles. The van der Waals surface area contributed by atoms with E-state index in [9.17, 15) is 9.59 Å². The summed E-state index contributed by atoms with van der Waals surface area (Å²) in [6.07, 6.45) is 0.737. The zero-order chi connectivity index (χ0) is 27.0. The molecule has 0 radical (unpaired) electrons. The fourth-order valence-corrected chi connectivity index (χ4v) is 17.8. The molecule has 0 saturated heterocycles. The summed E-state index contributed by atoms with van der Waals surface area (Å²) in [5.74, 6) is -0.439. The Morgan fingerprint density at radius 2 is 1.29 bits per heavy atom. The van der Waals surface area contributed by atoms with Crippen LogP contribution >= 0.6 is 0 Å². The van der Waals surface area contributed by atoms with Gasteiger partial charge in [-0.15, -0.1) is 0 Å². The van der Waals surface area contributed by atoms with Gasteiger partial charge in [-0.2, -0.15) is 0 Å². The Hall–Kier alpha value is -0.132. The molecule has 0 aromatic heterocycles. The lowest BCUT2D eigenvalue weighted by Crippen LogP contribution is -3.00. The van der Waals surface area contributed by atoms with Crippen LogP contribution in [-0.4, -0.2) is 90.5 Å². The first-order chi connectivity index (χ1) is 15.0. The molecule has 1 N–H and O–H groups in total. The van der Waals surface area contributed by atoms with E-state index in [1.54, 1.807) is 6.92 Å². The predicted molar refractivity (Wildman–Crippen MR) is 149 cm³/mol. The minimum Gasteiger partial charge on any atom is -1.00 e. The molecule has 0 spiro atoms. The van der Waals surface area contributed by atoms with Gasteiger partial charge in [-0.1, -0.05) is 6.58 Å². The highest BCUT2D eigenvalue weighted by Gasteiger charge is 2.49. The molecule has 0 aromatic rings. The SMILES string of the molecule is C=C(C)C(=O)OCC[N+](C)(C)CC(=O)NCCC[Si](O[Si](C)(C)C)(O[Si](C)(C)C)O[Si](C)(C)C.[Br-]. The lowest BCUT2D eigenvalue weighted by atomic mass is 10.3. The number of rotatable bonds is 16. The number of hydrogen-bond donors (Lipinski definition) is 1. The zero-order valence-corrected chi connectivity index (χ0v) is 29.8. The second kappa shape index (κ2) is 14.7. The molecule has 8 nitrogen and oxygen atoms in total. The Balaban J connectivity index is 0. The molecule has 0 aliphatic heterocycles. The molecule has 0 rings (SSSR count). The molecular formula is C22H51BrN2O6Si4. The number of hydrogen-bond acceptors (Lipinski definition) is 6. The van der Waals surface area contributed by atoms with E-state index < -0.39 is 39.7 Å². The summed E-state index contributed by atoms with van der Waals surface area (Å²) >= 11 is 0. The molecule has 208 valence electrons. The van der Waals surface area contributed by atoms with Crippen molar-refractivity contribution >= 4 is 45.6 Å². The van der Waals surface area contributed by atoms with E-state index in [-0.39, 0.29) is 29.5 Å². The van der Waals surface area contributed by atoms with Crippen LogP contribution in [-0.2, 0) is 26.7 Å². The largest absolute Gasteiger partial charge is 1.00 e. The lowest BCUT2D eigenvalue weighted by Gasteiger charge is -2.43. The van der Waals surface area contributed by atoms with Gasteiger partial charge in [0.2, 0.25) is 0 Å². The predicted octanol–water partition coefficient (Wildman–Crippen LogP) is 1.19. The molecule has 0 aliphatic rings. The van der Waals surface area contributed by atoms with Gasteiger partial charge in [0.1, 0.15) is 13.2 Å². The first kappa shape index (κ1) is 37.0. The smallest absolute Gasteiger partial charge is 0.469 e. The minimum atomic E-state index is -2.88. The summed E-state index contributed by atoms with van der Waals surface area (Å²) < 4.78 is 25.6. The molecule has 13 heteroatoms. The van der Waals surface area contributed by atoms with E-state index in [0.29, 0.717) is 35.7 Å². The highest BCUT2D eigenvalue weighted by atomic mass is 79.9. The maximum Gasteiger partial charge on any atom is 0.469 e. The molecule has 0 bridgehead atoms. The van der Waals surface area contributed by atoms with Crippen LogP contribution in [0.15, 0.2) is 12.2 Å². The Morgan fingerprint density at radius 1 is 0.857 bits per heavy atom. The van der Waals surface area contributed by atoms with Crippen molar-refractivity contribution in [1.82, 2.24) is 5.32 Å². The Morgan fingerprint density at radius 3 is 1.66 bits per heavy atom. The average molecular weight is 632 g/mol. The Kier molecular flexibility index (Phi) is 15.6. The van der Waals surface area contributed by atoms with Gasteiger partial charge < -0.3 is 43.9 Å². The van der Waals surface area contributed by atoms with Crippen LogP contribution in [0.1, 0.15) is 13.3 Å². The number of halogens is 1. The number of carbonyl (C=O) groups excluding carboxylic acids is 2. The normalized spacial score (nSPS) is 13.1. The molecule has 0 aromatic carbocycles. The Bertz CT molecular complexity index is 663. The molecule has 0 saturated carbocycles. The van der Waals surface area contributed by atoms with Gasteiger partial charge >= 0.3 is 14.8 Å². The van der Waals surface area contributed by atoms with Crippen molar-refractivity contribution < 1.29 is 48.1 Å². The maximum absolute atomic E-state index is 12.6. The summed E-state index contributed by atoms with van der Waals surface area (Å²) in [6.45, 7) is 26.4. The van der Waals surface area contributed by atoms with Crippen molar-refractivity contribution in [2.24, 2.45) is 0 Å². The average Bonchev–Trinajstić information content (AvgIpc) is 2.53. The number of nitrogens with one attached hydrogen (secondary N) is 1. The molecule has 1 amide bonds. The molecule has 0 atom stereocenters. The summed E-state index contributed by atoms with van der Waals surface area (Å²) in [5.41, 5.74) is 0.372. The molecule has 0 unspecified atom stereocenters. The van der Waals surface area contributed by atoms with Gasteiger partial charge in [0.15, 0.2) is 31.5 Å². The van der Waals surface area contributed by atoms with Crippen LogP contribution in [0.2, 0.25) is 65.0 Å². The number of carbonyl (C=O) groups is 2. The summed E-state index contributed by atoms with van der Waals surface area (Å²) in [7, 11) is -4.73. The summed E-state index contributed by atoms with van der Waals surface area (Å²) in [5, 5.41) is 3.03. The van der Waals surface area contributed by atoms with Crippen LogP contribution in [0.5, 0.6) is 0 Å². The highest BCUT2D eigenvalue weighted by molar-refractivity contribution is 6.90. The van der Waals surface area contributed by atoms with Crippen LogP contribution < -0.4 is 22.3 Å². The summed E-state index contributed by atoms with van der Waals surface area (Å²) in [6, 6.07) is 0.696. The van der Waals surface area contributed by atoms with E-state index in [1.165, 1.54) is 0 Å². The van der Waals surface area contributed by atoms with Crippen molar-refractivity contribution in [3.63, 3.8) is 0 Å². The third-order valence-corrected chi connectivity index (χ3v) is 16.3. The van der Waals surface area contributed by atoms with Gasteiger partial charge in [0.25, 0.3) is 5.91 Å². The number of likely N-dealkylation sites (N-methyl/N-ethyl adjacent to an activating group) is 1. The van der Waals surface area contributed by atoms with Crippen LogP contribution in [0.25, 0.3) is 0 Å². The number of esters is 1. The van der Waals surface area contributed by atoms with Crippen molar-refractivity contribution in [3.8, 4) is 0 Å². The number of nitrogens with zero attached hydrogens (tertiary/aromatic N) is 1. The van der Waals surface area contributed by atoms with E-state index in [4.69, 9.17) is 17.1 Å². The quantitative estimate of drug-likeness (QED) is 0.0907. The first-order valence-corrected chi connectivity index (χ1v) is 24.2. The van der Waals surface area contributed by atoms with E-state index in [2.05, 4.69) is 70.8 Å². The van der Waals surface area contributed by atoms with E-state index >= 15 is 0 Å². The molecule has 0 fully saturated rings. The van der Waals surface area contributed by atoms with Crippen LogP contribution in [0.4, 0.5) is 0 Å². The third-order valence-electron chi connectivity index (χ3n) is 4.22. The third kappa shape index (κ3) is 19.6. The van der Waals surface area contributed by atoms with Gasteiger partial charge in [-0.05, 0) is 72.3 Å². The fourth-order valence-electron chi connectivity index (χ4n) is 3.18. The number of ether oxygens (including phenoxy) is 1. The molecular weight excluding hydrogens is 580 g/mol. The van der Waals surface area contributed by atoms with Crippen molar-refractivity contribution in [2.45, 2.75) is 78.3 Å². The van der Waals surface area contributed by atoms with Crippen LogP contribution in [0, 0.1) is 0 Å². The standard InChI is InChI=1S/C22H50N2O6Si4.BrH/c1-20(2)22(26)27-17-16-24(3,4)19-21(25)23-15-14-18-34(28-31(5,6)7,29-32(8,9)10)30-33(11,12)13;/h1,14-19H2,2-13H3;1H. The van der Waals surface area contributed by atoms with Gasteiger partial charge in [0.05, 0.1) is 14.1 Å². The van der Waals surface area contributed by atoms with Gasteiger partial charge in [0, 0.05) is 18.2 Å². The first-order valence-electron chi connectivity index (χ1n) is 12.1. The number of quaternary nitrogens is 1. The maximum atomic E-state index is 12.6. The monoisotopic (exact) mass is 630 g/mol. The van der Waals surface area contributed by atoms with Crippen molar-refractivity contribution in [3.05, 3.63) is 12.2 Å². The molecule has 35 heavy (non-hydrogen) atoms.